The molecular formula is C15H16N2O5S. The summed E-state index contributed by atoms with van der Waals surface area (Å²) in [4.78, 5) is 11.2. The predicted octanol–water partition coefficient (Wildman–Crippen LogP) is 2.67. The fraction of sp³-hybridized carbons (Fsp3) is 0.133. The molecule has 0 aromatic heterocycles. The van der Waals surface area contributed by atoms with E-state index in [0.717, 1.165) is 0 Å². The molecule has 0 radical (unpaired) electrons. The van der Waals surface area contributed by atoms with Gasteiger partial charge in [-0.15, -0.1) is 0 Å². The zero-order valence-corrected chi connectivity index (χ0v) is 13.4. The topological polar surface area (TPSA) is 93.7 Å². The second-order valence-electron chi connectivity index (χ2n) is 4.47. The Balaban J connectivity index is 2.13. The number of methoxy groups -OCH3 is 2. The van der Waals surface area contributed by atoms with Gasteiger partial charge in [0, 0.05) is 11.4 Å². The molecule has 1 amide bonds. The molecule has 2 rings (SSSR count). The van der Waals surface area contributed by atoms with Gasteiger partial charge >= 0.3 is 6.09 Å². The van der Waals surface area contributed by atoms with Gasteiger partial charge in [-0.1, -0.05) is 0 Å². The van der Waals surface area contributed by atoms with Crippen molar-refractivity contribution in [3.8, 4) is 5.75 Å². The molecule has 0 saturated carbocycles. The monoisotopic (exact) mass is 336 g/mol. The van der Waals surface area contributed by atoms with E-state index >= 15 is 0 Å². The lowest BCUT2D eigenvalue weighted by Crippen LogP contribution is -2.14. The molecule has 0 aliphatic heterocycles. The number of hydrogen-bond acceptors (Lipinski definition) is 5. The number of carbonyl (C=O) groups is 1. The summed E-state index contributed by atoms with van der Waals surface area (Å²) in [5.41, 5.74) is 0.850. The highest BCUT2D eigenvalue weighted by Gasteiger charge is 2.14. The molecule has 0 bridgehead atoms. The first-order valence-electron chi connectivity index (χ1n) is 6.56. The van der Waals surface area contributed by atoms with Gasteiger partial charge in [-0.2, -0.15) is 0 Å². The number of ether oxygens (including phenoxy) is 2. The SMILES string of the molecule is COC(=O)Nc1ccc(S(=O)(=O)Nc2ccc(OC)cc2)cc1. The molecule has 7 nitrogen and oxygen atoms in total. The molecular weight excluding hydrogens is 320 g/mol. The number of amides is 1. The molecule has 2 N–H and O–H groups in total. The van der Waals surface area contributed by atoms with Crippen LogP contribution in [0.1, 0.15) is 0 Å². The lowest BCUT2D eigenvalue weighted by molar-refractivity contribution is 0.187. The molecule has 0 atom stereocenters. The summed E-state index contributed by atoms with van der Waals surface area (Å²) in [7, 11) is -0.945. The largest absolute Gasteiger partial charge is 0.497 e. The van der Waals surface area contributed by atoms with E-state index in [2.05, 4.69) is 14.8 Å². The Labute approximate surface area is 134 Å². The van der Waals surface area contributed by atoms with E-state index in [4.69, 9.17) is 4.74 Å². The highest BCUT2D eigenvalue weighted by molar-refractivity contribution is 7.92. The van der Waals surface area contributed by atoms with Crippen LogP contribution in [-0.2, 0) is 14.8 Å². The van der Waals surface area contributed by atoms with Crippen LogP contribution in [0.3, 0.4) is 0 Å². The van der Waals surface area contributed by atoms with E-state index < -0.39 is 16.1 Å². The van der Waals surface area contributed by atoms with Crippen molar-refractivity contribution in [1.29, 1.82) is 0 Å². The fourth-order valence-electron chi connectivity index (χ4n) is 1.76. The molecule has 0 spiro atoms. The fourth-order valence-corrected chi connectivity index (χ4v) is 2.82. The maximum absolute atomic E-state index is 12.3. The van der Waals surface area contributed by atoms with Crippen LogP contribution in [0.25, 0.3) is 0 Å². The van der Waals surface area contributed by atoms with Gasteiger partial charge in [0.05, 0.1) is 19.1 Å². The van der Waals surface area contributed by atoms with Crippen molar-refractivity contribution in [2.75, 3.05) is 24.3 Å². The normalized spacial score (nSPS) is 10.7. The molecule has 0 heterocycles. The van der Waals surface area contributed by atoms with Crippen LogP contribution >= 0.6 is 0 Å². The van der Waals surface area contributed by atoms with Crippen LogP contribution in [-0.4, -0.2) is 28.7 Å². The average molecular weight is 336 g/mol. The van der Waals surface area contributed by atoms with E-state index in [1.807, 2.05) is 0 Å². The Morgan fingerprint density at radius 2 is 1.48 bits per heavy atom. The number of rotatable bonds is 5. The summed E-state index contributed by atoms with van der Waals surface area (Å²) in [5.74, 6) is 0.631. The van der Waals surface area contributed by atoms with Crippen molar-refractivity contribution in [2.24, 2.45) is 0 Å². The lowest BCUT2D eigenvalue weighted by atomic mass is 10.3. The van der Waals surface area contributed by atoms with Gasteiger partial charge in [-0.25, -0.2) is 13.2 Å². The Morgan fingerprint density at radius 1 is 0.913 bits per heavy atom. The van der Waals surface area contributed by atoms with Gasteiger partial charge in [0.1, 0.15) is 5.75 Å². The van der Waals surface area contributed by atoms with Crippen LogP contribution in [0.4, 0.5) is 16.2 Å². The van der Waals surface area contributed by atoms with Gasteiger partial charge in [-0.05, 0) is 48.5 Å². The first-order valence-corrected chi connectivity index (χ1v) is 8.05. The zero-order valence-electron chi connectivity index (χ0n) is 12.6. The van der Waals surface area contributed by atoms with E-state index in [0.29, 0.717) is 17.1 Å². The molecule has 2 aromatic carbocycles. The second-order valence-corrected chi connectivity index (χ2v) is 6.16. The van der Waals surface area contributed by atoms with E-state index in [1.165, 1.54) is 38.5 Å². The summed E-state index contributed by atoms with van der Waals surface area (Å²) in [6.07, 6.45) is -0.628. The van der Waals surface area contributed by atoms with E-state index in [9.17, 15) is 13.2 Å². The molecule has 23 heavy (non-hydrogen) atoms. The zero-order chi connectivity index (χ0) is 16.9. The minimum atomic E-state index is -3.72. The molecule has 2 aromatic rings. The average Bonchev–Trinajstić information content (AvgIpc) is 2.55. The highest BCUT2D eigenvalue weighted by atomic mass is 32.2. The number of sulfonamides is 1. The first-order chi connectivity index (χ1) is 10.9. The summed E-state index contributed by atoms with van der Waals surface area (Å²) in [6, 6.07) is 12.2. The van der Waals surface area contributed by atoms with Crippen molar-refractivity contribution in [1.82, 2.24) is 0 Å². The molecule has 122 valence electrons. The maximum Gasteiger partial charge on any atom is 0.411 e. The minimum absolute atomic E-state index is 0.0729. The number of benzene rings is 2. The van der Waals surface area contributed by atoms with Crippen molar-refractivity contribution in [2.45, 2.75) is 4.90 Å². The predicted molar refractivity (Wildman–Crippen MR) is 86.3 cm³/mol. The Kier molecular flexibility index (Phi) is 5.07. The molecule has 0 aliphatic rings. The molecule has 8 heteroatoms. The lowest BCUT2D eigenvalue weighted by Gasteiger charge is -2.09. The minimum Gasteiger partial charge on any atom is -0.497 e. The standard InChI is InChI=1S/C15H16N2O5S/c1-21-13-7-3-12(4-8-13)17-23(19,20)14-9-5-11(6-10-14)16-15(18)22-2/h3-10,17H,1-2H3,(H,16,18). The van der Waals surface area contributed by atoms with Crippen molar-refractivity contribution >= 4 is 27.5 Å². The molecule has 0 saturated heterocycles. The van der Waals surface area contributed by atoms with Gasteiger partial charge < -0.3 is 9.47 Å². The van der Waals surface area contributed by atoms with Gasteiger partial charge in [-0.3, -0.25) is 10.0 Å². The summed E-state index contributed by atoms with van der Waals surface area (Å²) in [6.45, 7) is 0. The molecule has 0 aliphatic carbocycles. The molecule has 0 fully saturated rings. The number of anilines is 2. The summed E-state index contributed by atoms with van der Waals surface area (Å²) in [5, 5.41) is 2.44. The van der Waals surface area contributed by atoms with Crippen LogP contribution in [0.15, 0.2) is 53.4 Å². The van der Waals surface area contributed by atoms with Crippen molar-refractivity contribution < 1.29 is 22.7 Å². The first kappa shape index (κ1) is 16.6. The van der Waals surface area contributed by atoms with Crippen molar-refractivity contribution in [3.63, 3.8) is 0 Å². The Hall–Kier alpha value is -2.74. The summed E-state index contributed by atoms with van der Waals surface area (Å²) < 4.78 is 36.5. The third kappa shape index (κ3) is 4.36. The Bertz CT molecular complexity index is 771. The van der Waals surface area contributed by atoms with Gasteiger partial charge in [0.25, 0.3) is 10.0 Å². The maximum atomic E-state index is 12.3. The third-order valence-corrected chi connectivity index (χ3v) is 4.34. The van der Waals surface area contributed by atoms with Crippen LogP contribution in [0.2, 0.25) is 0 Å². The van der Waals surface area contributed by atoms with Gasteiger partial charge in [0.2, 0.25) is 0 Å². The van der Waals surface area contributed by atoms with Crippen LogP contribution in [0.5, 0.6) is 5.75 Å². The van der Waals surface area contributed by atoms with E-state index in [-0.39, 0.29) is 4.90 Å². The number of hydrogen-bond donors (Lipinski definition) is 2. The van der Waals surface area contributed by atoms with Crippen LogP contribution < -0.4 is 14.8 Å². The van der Waals surface area contributed by atoms with Crippen LogP contribution in [0, 0.1) is 0 Å². The quantitative estimate of drug-likeness (QED) is 0.875. The molecule has 0 unspecified atom stereocenters. The smallest absolute Gasteiger partial charge is 0.411 e. The highest BCUT2D eigenvalue weighted by Crippen LogP contribution is 2.20. The van der Waals surface area contributed by atoms with Crippen molar-refractivity contribution in [3.05, 3.63) is 48.5 Å². The third-order valence-electron chi connectivity index (χ3n) is 2.94. The second kappa shape index (κ2) is 7.01. The summed E-state index contributed by atoms with van der Waals surface area (Å²) >= 11 is 0. The number of carbonyl (C=O) groups excluding carboxylic acids is 1. The number of nitrogens with one attached hydrogen (secondary N) is 2. The van der Waals surface area contributed by atoms with E-state index in [1.54, 1.807) is 24.3 Å². The Morgan fingerprint density at radius 3 is 2.00 bits per heavy atom. The van der Waals surface area contributed by atoms with Gasteiger partial charge in [0.15, 0.2) is 0 Å².